The molecule has 0 atom stereocenters. The molecule has 0 aliphatic heterocycles. The lowest BCUT2D eigenvalue weighted by molar-refractivity contribution is -0.659. The molecule has 566 valence electrons. The molecular formula is C108H104N7+5. The minimum Gasteiger partial charge on any atom is -0.238 e. The fourth-order valence-corrected chi connectivity index (χ4v) is 17.4. The van der Waals surface area contributed by atoms with Crippen LogP contribution in [0.4, 0.5) is 11.4 Å². The van der Waals surface area contributed by atoms with Crippen LogP contribution in [0.2, 0.25) is 0 Å². The predicted octanol–water partition coefficient (Wildman–Crippen LogP) is 25.2. The molecule has 7 nitrogen and oxygen atoms in total. The lowest BCUT2D eigenvalue weighted by atomic mass is 9.80. The van der Waals surface area contributed by atoms with Crippen LogP contribution in [-0.2, 0) is 40.7 Å². The Balaban J connectivity index is 0.000000120. The maximum Gasteiger partial charge on any atom is 0.220 e. The number of hydrogen-bond donors (Lipinski definition) is 0. The first-order valence-corrected chi connectivity index (χ1v) is 39.9. The molecule has 0 saturated heterocycles. The molecule has 0 N–H and O–H groups in total. The first-order chi connectivity index (χ1) is 55.1. The van der Waals surface area contributed by atoms with Gasteiger partial charge in [0.2, 0.25) is 28.5 Å². The fourth-order valence-electron chi connectivity index (χ4n) is 17.4. The quantitative estimate of drug-likeness (QED) is 0.121. The summed E-state index contributed by atoms with van der Waals surface area (Å²) in [6.45, 7) is 47.5. The second kappa shape index (κ2) is 32.2. The van der Waals surface area contributed by atoms with Crippen molar-refractivity contribution in [1.82, 2.24) is 0 Å². The molecule has 0 unspecified atom stereocenters. The van der Waals surface area contributed by atoms with Crippen LogP contribution in [0.5, 0.6) is 0 Å². The van der Waals surface area contributed by atoms with E-state index in [1.54, 1.807) is 0 Å². The molecule has 0 spiro atoms. The van der Waals surface area contributed by atoms with E-state index in [2.05, 4.69) is 409 Å². The third-order valence-electron chi connectivity index (χ3n) is 24.1. The highest BCUT2D eigenvalue weighted by molar-refractivity contribution is 6.01. The molecule has 5 aromatic heterocycles. The molecule has 0 radical (unpaired) electrons. The Labute approximate surface area is 680 Å². The summed E-state index contributed by atoms with van der Waals surface area (Å²) in [4.78, 5) is 7.03. The number of benzene rings is 12. The lowest BCUT2D eigenvalue weighted by Gasteiger charge is -2.23. The first kappa shape index (κ1) is 78.6. The number of pyridine rings is 5. The first-order valence-electron chi connectivity index (χ1n) is 39.9. The van der Waals surface area contributed by atoms with E-state index >= 15 is 0 Å². The van der Waals surface area contributed by atoms with E-state index in [1.807, 2.05) is 30.3 Å². The van der Waals surface area contributed by atoms with Crippen molar-refractivity contribution in [3.05, 3.63) is 374 Å². The van der Waals surface area contributed by atoms with Crippen LogP contribution >= 0.6 is 0 Å². The molecule has 0 amide bonds. The highest BCUT2D eigenvalue weighted by Crippen LogP contribution is 2.52. The van der Waals surface area contributed by atoms with Gasteiger partial charge >= 0.3 is 0 Å². The van der Waals surface area contributed by atoms with Crippen LogP contribution in [-0.4, -0.2) is 0 Å². The molecule has 0 fully saturated rings. The largest absolute Gasteiger partial charge is 0.238 e. The molecule has 18 rings (SSSR count). The molecule has 5 heterocycles. The Bertz CT molecular complexity index is 6870. The SMILES string of the molecule is Cc1cc(C)c(C)c(-c2c3ccc(C)cc3cc[n+]2C)c1.Cc1ccc2c(-c3cc4c(c(C)c3C)-c3ccccc3C4(C)C)[n+](C)ccc2c1.Cc1ccc2c(-c3cc4ccccc4c(C)c3C)[n+](C)ccc2c1.[C-]#[N+]c1ccc2c(-c3cc(C)ccc3C)[n+](C)ccc2c1.[C-]#[N+]c1ccc2c(-c3ccccc3C)[n+](C)ccc2c1. The maximum absolute atomic E-state index is 7.16. The van der Waals surface area contributed by atoms with Gasteiger partial charge in [0.05, 0.1) is 56.8 Å². The van der Waals surface area contributed by atoms with Crippen LogP contribution in [0.15, 0.2) is 268 Å². The second-order valence-electron chi connectivity index (χ2n) is 32.5. The average Bonchev–Trinajstić information content (AvgIpc) is 1.54. The minimum absolute atomic E-state index is 0.0128. The van der Waals surface area contributed by atoms with Gasteiger partial charge in [-0.25, -0.2) is 32.5 Å². The Kier molecular flexibility index (Phi) is 22.0. The summed E-state index contributed by atoms with van der Waals surface area (Å²) < 4.78 is 11.1. The molecule has 12 aromatic carbocycles. The molecule has 0 saturated carbocycles. The topological polar surface area (TPSA) is 28.1 Å². The summed E-state index contributed by atoms with van der Waals surface area (Å²) in [5.74, 6) is 0. The number of rotatable bonds is 5. The number of fused-ring (bicyclic) bond motifs is 9. The number of nitrogens with zero attached hydrogens (tertiary/aromatic N) is 7. The maximum atomic E-state index is 7.16. The average molecular weight is 1500 g/mol. The number of aromatic nitrogens is 5. The van der Waals surface area contributed by atoms with Crippen molar-refractivity contribution in [2.45, 2.75) is 109 Å². The van der Waals surface area contributed by atoms with Gasteiger partial charge in [-0.3, -0.25) is 0 Å². The Morgan fingerprint density at radius 2 is 0.600 bits per heavy atom. The summed E-state index contributed by atoms with van der Waals surface area (Å²) in [6, 6.07) is 84.6. The summed E-state index contributed by atoms with van der Waals surface area (Å²) in [6.07, 6.45) is 10.6. The van der Waals surface area contributed by atoms with E-state index < -0.39 is 0 Å². The van der Waals surface area contributed by atoms with Crippen LogP contribution < -0.4 is 22.8 Å². The third kappa shape index (κ3) is 15.2. The van der Waals surface area contributed by atoms with E-state index in [9.17, 15) is 0 Å². The molecular weight excluding hydrogens is 1400 g/mol. The summed E-state index contributed by atoms with van der Waals surface area (Å²) in [7, 11) is 10.6. The van der Waals surface area contributed by atoms with E-state index in [0.29, 0.717) is 11.4 Å². The van der Waals surface area contributed by atoms with Crippen molar-refractivity contribution in [2.24, 2.45) is 35.2 Å². The van der Waals surface area contributed by atoms with Crippen LogP contribution in [0.1, 0.15) is 97.3 Å². The zero-order valence-electron chi connectivity index (χ0n) is 70.5. The van der Waals surface area contributed by atoms with Gasteiger partial charge in [0.25, 0.3) is 0 Å². The van der Waals surface area contributed by atoms with E-state index in [-0.39, 0.29) is 5.41 Å². The zero-order chi connectivity index (χ0) is 81.6. The number of aryl methyl sites for hydroxylation is 14. The van der Waals surface area contributed by atoms with Gasteiger partial charge in [-0.05, 0) is 255 Å². The summed E-state index contributed by atoms with van der Waals surface area (Å²) in [5.41, 5.74) is 37.1. The molecule has 17 aromatic rings. The monoisotopic (exact) mass is 1500 g/mol. The van der Waals surface area contributed by atoms with Crippen LogP contribution in [0.25, 0.3) is 142 Å². The van der Waals surface area contributed by atoms with Gasteiger partial charge < -0.3 is 0 Å². The van der Waals surface area contributed by atoms with Crippen molar-refractivity contribution in [3.8, 4) is 67.4 Å². The molecule has 1 aliphatic rings. The van der Waals surface area contributed by atoms with E-state index in [4.69, 9.17) is 13.1 Å². The summed E-state index contributed by atoms with van der Waals surface area (Å²) in [5, 5.41) is 15.1. The Morgan fingerprint density at radius 3 is 1.09 bits per heavy atom. The normalized spacial score (nSPS) is 11.7. The van der Waals surface area contributed by atoms with Crippen molar-refractivity contribution in [3.63, 3.8) is 0 Å². The van der Waals surface area contributed by atoms with Gasteiger partial charge in [0.15, 0.2) is 42.4 Å². The van der Waals surface area contributed by atoms with Gasteiger partial charge in [-0.1, -0.05) is 187 Å². The van der Waals surface area contributed by atoms with Crippen molar-refractivity contribution in [1.29, 1.82) is 0 Å². The van der Waals surface area contributed by atoms with Crippen molar-refractivity contribution < 1.29 is 22.8 Å². The standard InChI is InChI=1S/C28H28N.C23H22N.C20H22N.C19H17N2.C18H15N2/c1-17-11-12-21-20(15-17)13-14-29(6)27(21)23-16-25-26(19(3)18(23)2)22-9-7-8-10-24(22)28(25,4)5;1-15-9-10-21-19(13-15)11-12-24(4)23(21)22-14-18-7-5-6-8-20(18)16(2)17(22)3;1-13-6-7-18-17(11-13)8-9-21(5)20(18)19-12-14(2)10-15(3)16(19)4;1-13-5-6-14(2)18(11-13)19-17-8-7-16(20-3)12-15(17)9-10-21(19)4;1-13-6-4-5-7-16(13)18-17-9-8-15(19-2)12-14(17)10-11-20(18)3/h7-16H,1-6H3;5-14H,1-4H3;6-12H,1-5H3;5-12H,1-2,4H3;4-12H,1,3H3/q5*+1. The predicted molar refractivity (Wildman–Crippen MR) is 482 cm³/mol. The fraction of sp³-hybridized carbons (Fsp3) is 0.194. The van der Waals surface area contributed by atoms with Gasteiger partial charge in [0, 0.05) is 46.9 Å². The molecule has 7 heteroatoms. The van der Waals surface area contributed by atoms with Crippen LogP contribution in [0, 0.1) is 103 Å². The molecule has 115 heavy (non-hydrogen) atoms. The van der Waals surface area contributed by atoms with Crippen LogP contribution in [0.3, 0.4) is 0 Å². The van der Waals surface area contributed by atoms with Crippen molar-refractivity contribution >= 4 is 76.0 Å². The lowest BCUT2D eigenvalue weighted by Crippen LogP contribution is -2.31. The smallest absolute Gasteiger partial charge is 0.220 e. The van der Waals surface area contributed by atoms with E-state index in [0.717, 1.165) is 10.8 Å². The molecule has 1 aliphatic carbocycles. The van der Waals surface area contributed by atoms with Gasteiger partial charge in [0.1, 0.15) is 35.2 Å². The summed E-state index contributed by atoms with van der Waals surface area (Å²) >= 11 is 0. The molecule has 0 bridgehead atoms. The van der Waals surface area contributed by atoms with Gasteiger partial charge in [-0.2, -0.15) is 0 Å². The van der Waals surface area contributed by atoms with E-state index in [1.165, 1.54) is 205 Å². The highest BCUT2D eigenvalue weighted by atomic mass is 14.9. The highest BCUT2D eigenvalue weighted by Gasteiger charge is 2.38. The Morgan fingerprint density at radius 1 is 0.243 bits per heavy atom. The second-order valence-corrected chi connectivity index (χ2v) is 32.5. The number of hydrogen-bond acceptors (Lipinski definition) is 0. The Hall–Kier alpha value is -13.1. The third-order valence-corrected chi connectivity index (χ3v) is 24.1. The van der Waals surface area contributed by atoms with Gasteiger partial charge in [-0.15, -0.1) is 0 Å². The minimum atomic E-state index is 0.0128. The van der Waals surface area contributed by atoms with Crippen molar-refractivity contribution in [2.75, 3.05) is 0 Å². The zero-order valence-corrected chi connectivity index (χ0v) is 70.5.